The van der Waals surface area contributed by atoms with Gasteiger partial charge in [0.2, 0.25) is 0 Å². The summed E-state index contributed by atoms with van der Waals surface area (Å²) in [6.07, 6.45) is 6.65. The van der Waals surface area contributed by atoms with E-state index in [1.807, 2.05) is 23.9 Å². The topological polar surface area (TPSA) is 59.9 Å². The number of nitrogens with one attached hydrogen (secondary N) is 1. The number of rotatable bonds is 2. The fourth-order valence-corrected chi connectivity index (χ4v) is 4.54. The highest BCUT2D eigenvalue weighted by atomic mass is 32.2. The van der Waals surface area contributed by atoms with Crippen LogP contribution in [0.15, 0.2) is 24.5 Å². The van der Waals surface area contributed by atoms with E-state index in [1.54, 1.807) is 12.4 Å². The van der Waals surface area contributed by atoms with E-state index in [0.717, 1.165) is 36.5 Å². The highest BCUT2D eigenvalue weighted by molar-refractivity contribution is 7.99. The second-order valence-corrected chi connectivity index (χ2v) is 6.87. The molecule has 0 aromatic carbocycles. The van der Waals surface area contributed by atoms with E-state index in [2.05, 4.69) is 20.3 Å². The maximum Gasteiger partial charge on any atom is 0.180 e. The summed E-state index contributed by atoms with van der Waals surface area (Å²) in [5, 5.41) is 3.56. The smallest absolute Gasteiger partial charge is 0.180 e. The van der Waals surface area contributed by atoms with Crippen LogP contribution in [0.2, 0.25) is 0 Å². The minimum atomic E-state index is 0.0945. The summed E-state index contributed by atoms with van der Waals surface area (Å²) in [7, 11) is 0. The number of hydrogen-bond acceptors (Lipinski definition) is 6. The number of pyridine rings is 1. The lowest BCUT2D eigenvalue weighted by atomic mass is 9.90. The van der Waals surface area contributed by atoms with Gasteiger partial charge in [-0.1, -0.05) is 0 Å². The molecule has 0 saturated carbocycles. The molecule has 2 fully saturated rings. The Labute approximate surface area is 127 Å². The van der Waals surface area contributed by atoms with E-state index in [4.69, 9.17) is 4.74 Å². The summed E-state index contributed by atoms with van der Waals surface area (Å²) >= 11 is 2.00. The number of nitrogens with zero attached hydrogens (tertiary/aromatic N) is 3. The Kier molecular flexibility index (Phi) is 3.43. The van der Waals surface area contributed by atoms with Gasteiger partial charge in [0.05, 0.1) is 5.60 Å². The summed E-state index contributed by atoms with van der Waals surface area (Å²) < 4.78 is 6.06. The molecule has 2 atom stereocenters. The minimum Gasteiger partial charge on any atom is -0.374 e. The number of fused-ring (bicyclic) bond motifs is 1. The number of thioether (sulfide) groups is 1. The Morgan fingerprint density at radius 1 is 1.29 bits per heavy atom. The van der Waals surface area contributed by atoms with E-state index < -0.39 is 0 Å². The third-order valence-corrected chi connectivity index (χ3v) is 5.47. The molecular formula is C15H18N4OS. The lowest BCUT2D eigenvalue weighted by Gasteiger charge is -2.38. The van der Waals surface area contributed by atoms with Crippen LogP contribution >= 0.6 is 11.8 Å². The SMILES string of the molecule is c1cnc2nc(N[C@@H]3CCO[C@@]4(CCSC4)C3)ccc2n1. The summed E-state index contributed by atoms with van der Waals surface area (Å²) in [5.41, 5.74) is 1.62. The van der Waals surface area contributed by atoms with Crippen LogP contribution in [0.1, 0.15) is 19.3 Å². The first kappa shape index (κ1) is 13.3. The van der Waals surface area contributed by atoms with Gasteiger partial charge >= 0.3 is 0 Å². The van der Waals surface area contributed by atoms with Crippen molar-refractivity contribution in [1.82, 2.24) is 15.0 Å². The summed E-state index contributed by atoms with van der Waals surface area (Å²) in [4.78, 5) is 13.1. The van der Waals surface area contributed by atoms with E-state index in [-0.39, 0.29) is 5.60 Å². The van der Waals surface area contributed by atoms with Crippen LogP contribution in [0.5, 0.6) is 0 Å². The molecule has 6 heteroatoms. The molecule has 2 saturated heterocycles. The number of ether oxygens (including phenoxy) is 1. The Morgan fingerprint density at radius 3 is 3.14 bits per heavy atom. The third-order valence-electron chi connectivity index (χ3n) is 4.24. The molecule has 1 N–H and O–H groups in total. The van der Waals surface area contributed by atoms with Crippen molar-refractivity contribution in [3.05, 3.63) is 24.5 Å². The van der Waals surface area contributed by atoms with Gasteiger partial charge in [-0.25, -0.2) is 9.97 Å². The van der Waals surface area contributed by atoms with Gasteiger partial charge in [-0.15, -0.1) is 0 Å². The van der Waals surface area contributed by atoms with Gasteiger partial charge in [-0.2, -0.15) is 11.8 Å². The number of aromatic nitrogens is 3. The quantitative estimate of drug-likeness (QED) is 0.919. The normalized spacial score (nSPS) is 29.0. The molecular weight excluding hydrogens is 284 g/mol. The molecule has 4 rings (SSSR count). The van der Waals surface area contributed by atoms with Gasteiger partial charge in [0.25, 0.3) is 0 Å². The maximum atomic E-state index is 6.06. The molecule has 4 heterocycles. The van der Waals surface area contributed by atoms with Crippen molar-refractivity contribution in [2.24, 2.45) is 0 Å². The van der Waals surface area contributed by atoms with Crippen molar-refractivity contribution in [2.75, 3.05) is 23.4 Å². The molecule has 2 aromatic rings. The highest BCUT2D eigenvalue weighted by Gasteiger charge is 2.40. The van der Waals surface area contributed by atoms with E-state index in [1.165, 1.54) is 12.2 Å². The summed E-state index contributed by atoms with van der Waals surface area (Å²) in [6.45, 7) is 0.839. The summed E-state index contributed by atoms with van der Waals surface area (Å²) in [5.74, 6) is 3.23. The Hall–Kier alpha value is -1.40. The van der Waals surface area contributed by atoms with Crippen LogP contribution < -0.4 is 5.32 Å². The van der Waals surface area contributed by atoms with Gasteiger partial charge in [0.1, 0.15) is 11.3 Å². The fourth-order valence-electron chi connectivity index (χ4n) is 3.16. The molecule has 0 unspecified atom stereocenters. The number of hydrogen-bond donors (Lipinski definition) is 1. The van der Waals surface area contributed by atoms with E-state index in [9.17, 15) is 0 Å². The van der Waals surface area contributed by atoms with Gasteiger partial charge in [0, 0.05) is 30.8 Å². The van der Waals surface area contributed by atoms with Crippen LogP contribution in [0.4, 0.5) is 5.82 Å². The van der Waals surface area contributed by atoms with Crippen molar-refractivity contribution in [2.45, 2.75) is 30.9 Å². The maximum absolute atomic E-state index is 6.06. The molecule has 1 spiro atoms. The monoisotopic (exact) mass is 302 g/mol. The Bertz CT molecular complexity index is 644. The van der Waals surface area contributed by atoms with Crippen molar-refractivity contribution in [3.8, 4) is 0 Å². The van der Waals surface area contributed by atoms with Gasteiger partial charge in [0.15, 0.2) is 5.65 Å². The first-order valence-corrected chi connectivity index (χ1v) is 8.55. The Balaban J connectivity index is 1.51. The fraction of sp³-hybridized carbons (Fsp3) is 0.533. The predicted octanol–water partition coefficient (Wildman–Crippen LogP) is 2.49. The molecule has 5 nitrogen and oxygen atoms in total. The second kappa shape index (κ2) is 5.42. The van der Waals surface area contributed by atoms with Crippen LogP contribution in [-0.2, 0) is 4.74 Å². The molecule has 2 aromatic heterocycles. The van der Waals surface area contributed by atoms with Crippen molar-refractivity contribution < 1.29 is 4.74 Å². The molecule has 0 radical (unpaired) electrons. The zero-order chi connectivity index (χ0) is 14.1. The first-order valence-electron chi connectivity index (χ1n) is 7.39. The minimum absolute atomic E-state index is 0.0945. The van der Waals surface area contributed by atoms with E-state index >= 15 is 0 Å². The zero-order valence-electron chi connectivity index (χ0n) is 11.8. The largest absolute Gasteiger partial charge is 0.374 e. The molecule has 2 aliphatic rings. The van der Waals surface area contributed by atoms with Crippen LogP contribution in [0.3, 0.4) is 0 Å². The molecule has 110 valence electrons. The lowest BCUT2D eigenvalue weighted by molar-refractivity contribution is -0.0628. The second-order valence-electron chi connectivity index (χ2n) is 5.76. The molecule has 0 bridgehead atoms. The average Bonchev–Trinajstić information content (AvgIpc) is 2.95. The highest BCUT2D eigenvalue weighted by Crippen LogP contribution is 2.38. The van der Waals surface area contributed by atoms with Gasteiger partial charge in [-0.3, -0.25) is 4.98 Å². The third kappa shape index (κ3) is 2.70. The van der Waals surface area contributed by atoms with Crippen LogP contribution in [0, 0.1) is 0 Å². The standard InChI is InChI=1S/C15H18N4OS/c1-2-13(19-14-12(1)16-5-6-17-14)18-11-3-7-20-15(9-11)4-8-21-10-15/h1-2,5-6,11H,3-4,7-10H2,(H,17,18,19)/t11-,15+/m1/s1. The first-order chi connectivity index (χ1) is 10.3. The predicted molar refractivity (Wildman–Crippen MR) is 84.6 cm³/mol. The van der Waals surface area contributed by atoms with E-state index in [0.29, 0.717) is 11.7 Å². The van der Waals surface area contributed by atoms with Crippen LogP contribution in [-0.4, -0.2) is 44.7 Å². The number of anilines is 1. The van der Waals surface area contributed by atoms with Crippen molar-refractivity contribution in [3.63, 3.8) is 0 Å². The zero-order valence-corrected chi connectivity index (χ0v) is 12.6. The molecule has 0 amide bonds. The van der Waals surface area contributed by atoms with Gasteiger partial charge in [-0.05, 0) is 37.1 Å². The average molecular weight is 302 g/mol. The van der Waals surface area contributed by atoms with Gasteiger partial charge < -0.3 is 10.1 Å². The van der Waals surface area contributed by atoms with Crippen molar-refractivity contribution >= 4 is 28.7 Å². The molecule has 0 aliphatic carbocycles. The molecule has 21 heavy (non-hydrogen) atoms. The Morgan fingerprint density at radius 2 is 2.24 bits per heavy atom. The lowest BCUT2D eigenvalue weighted by Crippen LogP contribution is -2.44. The van der Waals surface area contributed by atoms with Crippen LogP contribution in [0.25, 0.3) is 11.2 Å². The summed E-state index contributed by atoms with van der Waals surface area (Å²) in [6, 6.07) is 4.39. The van der Waals surface area contributed by atoms with Crippen molar-refractivity contribution in [1.29, 1.82) is 0 Å². The molecule has 2 aliphatic heterocycles.